The minimum Gasteiger partial charge on any atom is -0.462 e. The van der Waals surface area contributed by atoms with E-state index in [0.717, 1.165) is 122 Å². The first-order valence-electron chi connectivity index (χ1n) is 33.7. The van der Waals surface area contributed by atoms with E-state index in [-0.39, 0.29) is 31.1 Å². The Labute approximate surface area is 489 Å². The zero-order valence-electron chi connectivity index (χ0n) is 52.1. The lowest BCUT2D eigenvalue weighted by molar-refractivity contribution is -0.167. The fourth-order valence-corrected chi connectivity index (χ4v) is 9.60. The minimum atomic E-state index is -0.781. The van der Waals surface area contributed by atoms with Gasteiger partial charge in [0.1, 0.15) is 13.2 Å². The maximum Gasteiger partial charge on any atom is 0.306 e. The first-order valence-corrected chi connectivity index (χ1v) is 33.7. The van der Waals surface area contributed by atoms with Gasteiger partial charge in [-0.2, -0.15) is 0 Å². The van der Waals surface area contributed by atoms with Crippen LogP contribution >= 0.6 is 0 Å². The van der Waals surface area contributed by atoms with Gasteiger partial charge in [0.25, 0.3) is 0 Å². The molecule has 0 aliphatic carbocycles. The van der Waals surface area contributed by atoms with E-state index in [0.29, 0.717) is 19.3 Å². The van der Waals surface area contributed by atoms with E-state index in [1.54, 1.807) is 0 Å². The van der Waals surface area contributed by atoms with Crippen molar-refractivity contribution in [1.82, 2.24) is 0 Å². The lowest BCUT2D eigenvalue weighted by Gasteiger charge is -2.18. The molecule has 6 heteroatoms. The topological polar surface area (TPSA) is 78.9 Å². The second-order valence-corrected chi connectivity index (χ2v) is 22.3. The maximum absolute atomic E-state index is 12.9. The summed E-state index contributed by atoms with van der Waals surface area (Å²) in [6, 6.07) is 0. The van der Waals surface area contributed by atoms with Gasteiger partial charge in [0.05, 0.1) is 0 Å². The average molecular weight is 1100 g/mol. The molecule has 0 aromatic carbocycles. The largest absolute Gasteiger partial charge is 0.462 e. The summed E-state index contributed by atoms with van der Waals surface area (Å²) in [6.07, 6.45) is 90.4. The molecule has 454 valence electrons. The second kappa shape index (κ2) is 66.8. The molecule has 79 heavy (non-hydrogen) atoms. The molecule has 0 fully saturated rings. The molecule has 0 saturated heterocycles. The highest BCUT2D eigenvalue weighted by Crippen LogP contribution is 2.17. The summed E-state index contributed by atoms with van der Waals surface area (Å²) in [5.74, 6) is -0.887. The van der Waals surface area contributed by atoms with Gasteiger partial charge >= 0.3 is 17.9 Å². The summed E-state index contributed by atoms with van der Waals surface area (Å²) in [4.78, 5) is 38.1. The normalized spacial score (nSPS) is 12.7. The predicted molar refractivity (Wildman–Crippen MR) is 344 cm³/mol. The molecule has 1 atom stereocenters. The Morgan fingerprint density at radius 3 is 0.772 bits per heavy atom. The zero-order chi connectivity index (χ0) is 57.1. The SMILES string of the molecule is CC/C=C\C/C=C\C/C=C\C/C=C\CCCCCCCCCCCCCCCCCCCCCCCCC(=O)OCC(COC(=O)CCCCCCCCC)OC(=O)CCCCCCCC/C=C\C/C=C\C/C=C\C/C=C\CC. The van der Waals surface area contributed by atoms with Crippen molar-refractivity contribution >= 4 is 17.9 Å². The number of allylic oxidation sites excluding steroid dienone is 16. The van der Waals surface area contributed by atoms with Gasteiger partial charge in [-0.25, -0.2) is 0 Å². The van der Waals surface area contributed by atoms with Crippen LogP contribution in [0.5, 0.6) is 0 Å². The van der Waals surface area contributed by atoms with Crippen molar-refractivity contribution in [2.45, 2.75) is 335 Å². The van der Waals surface area contributed by atoms with Crippen LogP contribution < -0.4 is 0 Å². The quantitative estimate of drug-likeness (QED) is 0.0261. The van der Waals surface area contributed by atoms with Crippen LogP contribution in [-0.2, 0) is 28.6 Å². The molecule has 0 aromatic rings. The molecular weight excluding hydrogens is 973 g/mol. The van der Waals surface area contributed by atoms with Crippen molar-refractivity contribution in [2.24, 2.45) is 0 Å². The molecule has 0 bridgehead atoms. The van der Waals surface area contributed by atoms with Crippen molar-refractivity contribution < 1.29 is 28.6 Å². The lowest BCUT2D eigenvalue weighted by Crippen LogP contribution is -2.30. The molecule has 0 spiro atoms. The van der Waals surface area contributed by atoms with Crippen LogP contribution in [0.15, 0.2) is 97.2 Å². The van der Waals surface area contributed by atoms with Crippen LogP contribution in [0, 0.1) is 0 Å². The van der Waals surface area contributed by atoms with E-state index in [9.17, 15) is 14.4 Å². The number of hydrogen-bond acceptors (Lipinski definition) is 6. The Bertz CT molecular complexity index is 1540. The summed E-state index contributed by atoms with van der Waals surface area (Å²) in [5.41, 5.74) is 0. The number of hydrogen-bond donors (Lipinski definition) is 0. The van der Waals surface area contributed by atoms with Crippen LogP contribution in [0.1, 0.15) is 329 Å². The van der Waals surface area contributed by atoms with Gasteiger partial charge in [-0.05, 0) is 96.3 Å². The molecule has 6 nitrogen and oxygen atoms in total. The highest BCUT2D eigenvalue weighted by molar-refractivity contribution is 5.71. The molecule has 0 rings (SSSR count). The summed E-state index contributed by atoms with van der Waals surface area (Å²) in [7, 11) is 0. The van der Waals surface area contributed by atoms with E-state index in [1.807, 2.05) is 0 Å². The Balaban J connectivity index is 3.99. The first-order chi connectivity index (χ1) is 39.0. The van der Waals surface area contributed by atoms with E-state index in [4.69, 9.17) is 14.2 Å². The zero-order valence-corrected chi connectivity index (χ0v) is 52.1. The van der Waals surface area contributed by atoms with Crippen molar-refractivity contribution in [1.29, 1.82) is 0 Å². The number of ether oxygens (including phenoxy) is 3. The van der Waals surface area contributed by atoms with Crippen molar-refractivity contribution in [2.75, 3.05) is 13.2 Å². The van der Waals surface area contributed by atoms with Crippen LogP contribution in [0.2, 0.25) is 0 Å². The summed E-state index contributed by atoms with van der Waals surface area (Å²) in [6.45, 7) is 6.39. The molecule has 0 aliphatic heterocycles. The molecule has 0 N–H and O–H groups in total. The number of carbonyl (C=O) groups excluding carboxylic acids is 3. The second-order valence-electron chi connectivity index (χ2n) is 22.3. The standard InChI is InChI=1S/C73H126O6/c1-4-7-10-13-16-18-20-22-24-26-28-29-30-31-32-33-34-35-36-37-38-39-40-41-42-43-45-46-48-50-52-54-57-60-63-66-72(75)78-69-70(68-77-71(74)65-62-59-56-15-12-9-6-3)79-73(76)67-64-61-58-55-53-51-49-47-44-27-25-23-21-19-17-14-11-8-5-2/h7-8,10-11,16-19,22-25,28-29,44,47,70H,4-6,9,12-15,20-21,26-27,30-43,45-46,48-69H2,1-3H3/b10-7-,11-8-,18-16-,19-17-,24-22-,25-23-,29-28-,47-44-. The van der Waals surface area contributed by atoms with Crippen LogP contribution in [-0.4, -0.2) is 37.2 Å². The van der Waals surface area contributed by atoms with Gasteiger partial charge in [-0.3, -0.25) is 14.4 Å². The molecule has 0 radical (unpaired) electrons. The smallest absolute Gasteiger partial charge is 0.306 e. The van der Waals surface area contributed by atoms with Crippen LogP contribution in [0.3, 0.4) is 0 Å². The minimum absolute atomic E-state index is 0.0789. The third-order valence-electron chi connectivity index (χ3n) is 14.6. The van der Waals surface area contributed by atoms with Gasteiger partial charge in [0.2, 0.25) is 0 Å². The predicted octanol–water partition coefficient (Wildman–Crippen LogP) is 23.2. The van der Waals surface area contributed by atoms with Gasteiger partial charge in [0.15, 0.2) is 6.10 Å². The highest BCUT2D eigenvalue weighted by atomic mass is 16.6. The fourth-order valence-electron chi connectivity index (χ4n) is 9.60. The molecule has 1 unspecified atom stereocenters. The molecule has 0 heterocycles. The van der Waals surface area contributed by atoms with E-state index in [2.05, 4.69) is 118 Å². The Morgan fingerprint density at radius 1 is 0.266 bits per heavy atom. The van der Waals surface area contributed by atoms with Crippen LogP contribution in [0.25, 0.3) is 0 Å². The Kier molecular flexibility index (Phi) is 63.7. The third-order valence-corrected chi connectivity index (χ3v) is 14.6. The number of esters is 3. The van der Waals surface area contributed by atoms with Crippen molar-refractivity contribution in [3.05, 3.63) is 97.2 Å². The number of rotatable bonds is 61. The number of carbonyl (C=O) groups is 3. The van der Waals surface area contributed by atoms with Gasteiger partial charge in [0, 0.05) is 19.3 Å². The number of unbranched alkanes of at least 4 members (excludes halogenated alkanes) is 34. The molecule has 0 amide bonds. The summed E-state index contributed by atoms with van der Waals surface area (Å²) >= 11 is 0. The summed E-state index contributed by atoms with van der Waals surface area (Å²) < 4.78 is 16.8. The van der Waals surface area contributed by atoms with Crippen LogP contribution in [0.4, 0.5) is 0 Å². The molecule has 0 aliphatic rings. The first kappa shape index (κ1) is 75.3. The van der Waals surface area contributed by atoms with E-state index in [1.165, 1.54) is 167 Å². The molecule has 0 aromatic heterocycles. The highest BCUT2D eigenvalue weighted by Gasteiger charge is 2.19. The monoisotopic (exact) mass is 1100 g/mol. The Hall–Kier alpha value is -3.67. The third kappa shape index (κ3) is 65.0. The average Bonchev–Trinajstić information content (AvgIpc) is 3.45. The summed E-state index contributed by atoms with van der Waals surface area (Å²) in [5, 5.41) is 0. The van der Waals surface area contributed by atoms with E-state index >= 15 is 0 Å². The van der Waals surface area contributed by atoms with Gasteiger partial charge < -0.3 is 14.2 Å². The Morgan fingerprint density at radius 2 is 0.494 bits per heavy atom. The maximum atomic E-state index is 12.9. The lowest BCUT2D eigenvalue weighted by atomic mass is 10.0. The van der Waals surface area contributed by atoms with Crippen molar-refractivity contribution in [3.63, 3.8) is 0 Å². The molecular formula is C73H126O6. The van der Waals surface area contributed by atoms with Gasteiger partial charge in [-0.1, -0.05) is 311 Å². The fraction of sp³-hybridized carbons (Fsp3) is 0.740. The molecule has 0 saturated carbocycles. The van der Waals surface area contributed by atoms with Gasteiger partial charge in [-0.15, -0.1) is 0 Å². The van der Waals surface area contributed by atoms with E-state index < -0.39 is 6.10 Å². The van der Waals surface area contributed by atoms with Crippen molar-refractivity contribution in [3.8, 4) is 0 Å².